The first-order valence-electron chi connectivity index (χ1n) is 5.53. The van der Waals surface area contributed by atoms with E-state index in [-0.39, 0.29) is 11.3 Å². The minimum absolute atomic E-state index is 0.169. The van der Waals surface area contributed by atoms with Crippen molar-refractivity contribution in [3.05, 3.63) is 41.6 Å². The zero-order chi connectivity index (χ0) is 14.0. The fraction of sp³-hybridized carbons (Fsp3) is 0.0769. The van der Waals surface area contributed by atoms with Crippen molar-refractivity contribution in [3.8, 4) is 5.75 Å². The molecule has 2 aromatic rings. The highest BCUT2D eigenvalue weighted by Gasteiger charge is 2.10. The van der Waals surface area contributed by atoms with Gasteiger partial charge in [-0.3, -0.25) is 0 Å². The maximum Gasteiger partial charge on any atom is 0.339 e. The van der Waals surface area contributed by atoms with E-state index >= 15 is 0 Å². The van der Waals surface area contributed by atoms with Crippen LogP contribution in [-0.4, -0.2) is 21.2 Å². The molecule has 0 atom stereocenters. The van der Waals surface area contributed by atoms with Crippen LogP contribution in [0.2, 0.25) is 0 Å². The van der Waals surface area contributed by atoms with Crippen molar-refractivity contribution in [2.75, 3.05) is 11.1 Å². The highest BCUT2D eigenvalue weighted by Crippen LogP contribution is 2.24. The second kappa shape index (κ2) is 4.85. The van der Waals surface area contributed by atoms with Crippen molar-refractivity contribution in [3.63, 3.8) is 0 Å². The Labute approximate surface area is 109 Å². The number of nitrogens with zero attached hydrogens (tertiary/aromatic N) is 1. The summed E-state index contributed by atoms with van der Waals surface area (Å²) >= 11 is 0. The number of carbonyl (C=O) groups is 1. The van der Waals surface area contributed by atoms with Crippen LogP contribution < -0.4 is 11.1 Å². The van der Waals surface area contributed by atoms with E-state index in [1.807, 2.05) is 6.92 Å². The molecule has 0 amide bonds. The number of aromatic nitrogens is 1. The smallest absolute Gasteiger partial charge is 0.339 e. The van der Waals surface area contributed by atoms with Crippen LogP contribution in [-0.2, 0) is 0 Å². The van der Waals surface area contributed by atoms with Crippen molar-refractivity contribution in [2.24, 2.45) is 0 Å². The molecule has 0 aliphatic carbocycles. The van der Waals surface area contributed by atoms with E-state index in [4.69, 9.17) is 10.8 Å². The number of nitrogens with one attached hydrogen (secondary N) is 1. The van der Waals surface area contributed by atoms with Crippen molar-refractivity contribution in [1.82, 2.24) is 4.98 Å². The van der Waals surface area contributed by atoms with Gasteiger partial charge in [0.2, 0.25) is 0 Å². The molecule has 1 aromatic carbocycles. The number of rotatable bonds is 3. The Morgan fingerprint density at radius 2 is 2.11 bits per heavy atom. The van der Waals surface area contributed by atoms with E-state index in [2.05, 4.69) is 10.3 Å². The lowest BCUT2D eigenvalue weighted by Crippen LogP contribution is -2.00. The van der Waals surface area contributed by atoms with Gasteiger partial charge < -0.3 is 21.3 Å². The molecule has 0 aliphatic rings. The molecule has 6 nitrogen and oxygen atoms in total. The molecule has 0 unspecified atom stereocenters. The van der Waals surface area contributed by atoms with E-state index in [9.17, 15) is 9.90 Å². The SMILES string of the molecule is Cc1cc(Nc2ccc(O)c(C(=O)O)c2)ncc1N. The number of hydrogen-bond acceptors (Lipinski definition) is 5. The van der Waals surface area contributed by atoms with Gasteiger partial charge in [-0.1, -0.05) is 0 Å². The first kappa shape index (κ1) is 12.7. The van der Waals surface area contributed by atoms with Crippen LogP contribution >= 0.6 is 0 Å². The van der Waals surface area contributed by atoms with Gasteiger partial charge >= 0.3 is 5.97 Å². The molecule has 0 saturated heterocycles. The number of carboxylic acids is 1. The number of nitrogens with two attached hydrogens (primary N) is 1. The van der Waals surface area contributed by atoms with Gasteiger partial charge in [0, 0.05) is 5.69 Å². The van der Waals surface area contributed by atoms with Gasteiger partial charge in [0.15, 0.2) is 0 Å². The second-order valence-electron chi connectivity index (χ2n) is 4.09. The summed E-state index contributed by atoms with van der Waals surface area (Å²) in [5.74, 6) is -0.921. The molecule has 2 rings (SSSR count). The van der Waals surface area contributed by atoms with Gasteiger partial charge in [-0.2, -0.15) is 0 Å². The number of aryl methyl sites for hydroxylation is 1. The van der Waals surface area contributed by atoms with Crippen LogP contribution in [0.1, 0.15) is 15.9 Å². The van der Waals surface area contributed by atoms with E-state index in [1.165, 1.54) is 18.3 Å². The summed E-state index contributed by atoms with van der Waals surface area (Å²) in [6, 6.07) is 5.97. The third kappa shape index (κ3) is 2.74. The molecule has 98 valence electrons. The predicted octanol–water partition coefficient (Wildman–Crippen LogP) is 2.12. The highest BCUT2D eigenvalue weighted by atomic mass is 16.4. The van der Waals surface area contributed by atoms with E-state index < -0.39 is 5.97 Å². The predicted molar refractivity (Wildman–Crippen MR) is 71.7 cm³/mol. The van der Waals surface area contributed by atoms with Crippen molar-refractivity contribution < 1.29 is 15.0 Å². The number of aromatic carboxylic acids is 1. The van der Waals surface area contributed by atoms with Crippen LogP contribution in [0, 0.1) is 6.92 Å². The Bertz CT molecular complexity index is 641. The summed E-state index contributed by atoms with van der Waals surface area (Å²) in [6.45, 7) is 1.85. The van der Waals surface area contributed by atoms with Gasteiger partial charge in [-0.05, 0) is 36.8 Å². The van der Waals surface area contributed by atoms with Gasteiger partial charge in [0.1, 0.15) is 17.1 Å². The second-order valence-corrected chi connectivity index (χ2v) is 4.09. The number of anilines is 3. The standard InChI is InChI=1S/C13H13N3O3/c1-7-4-12(15-6-10(7)14)16-8-2-3-11(17)9(5-8)13(18)19/h2-6,17H,14H2,1H3,(H,15,16)(H,18,19). The molecule has 0 spiro atoms. The van der Waals surface area contributed by atoms with Crippen molar-refractivity contribution >= 4 is 23.2 Å². The molecule has 0 saturated carbocycles. The Kier molecular flexibility index (Phi) is 3.24. The molecule has 0 bridgehead atoms. The molecule has 1 aromatic heterocycles. The van der Waals surface area contributed by atoms with Gasteiger partial charge in [0.25, 0.3) is 0 Å². The number of nitrogen functional groups attached to an aromatic ring is 1. The molecular weight excluding hydrogens is 246 g/mol. The van der Waals surface area contributed by atoms with Crippen molar-refractivity contribution in [1.29, 1.82) is 0 Å². The lowest BCUT2D eigenvalue weighted by atomic mass is 10.1. The first-order chi connectivity index (χ1) is 8.97. The molecule has 5 N–H and O–H groups in total. The average Bonchev–Trinajstić information content (AvgIpc) is 2.36. The Morgan fingerprint density at radius 3 is 2.74 bits per heavy atom. The number of hydrogen-bond donors (Lipinski definition) is 4. The topological polar surface area (TPSA) is 108 Å². The summed E-state index contributed by atoms with van der Waals surface area (Å²) in [5, 5.41) is 21.3. The number of benzene rings is 1. The fourth-order valence-corrected chi connectivity index (χ4v) is 1.57. The van der Waals surface area contributed by atoms with Crippen LogP contribution in [0.25, 0.3) is 0 Å². The number of aromatic hydroxyl groups is 1. The van der Waals surface area contributed by atoms with E-state index in [0.717, 1.165) is 5.56 Å². The minimum Gasteiger partial charge on any atom is -0.507 e. The van der Waals surface area contributed by atoms with Crippen LogP contribution in [0.15, 0.2) is 30.5 Å². The summed E-state index contributed by atoms with van der Waals surface area (Å²) in [4.78, 5) is 15.0. The minimum atomic E-state index is -1.19. The molecule has 0 radical (unpaired) electrons. The lowest BCUT2D eigenvalue weighted by Gasteiger charge is -2.09. The maximum absolute atomic E-state index is 10.9. The van der Waals surface area contributed by atoms with Gasteiger partial charge in [-0.15, -0.1) is 0 Å². The number of phenols is 1. The molecular formula is C13H13N3O3. The molecule has 19 heavy (non-hydrogen) atoms. The summed E-state index contributed by atoms with van der Waals surface area (Å²) in [7, 11) is 0. The summed E-state index contributed by atoms with van der Waals surface area (Å²) in [6.07, 6.45) is 1.52. The van der Waals surface area contributed by atoms with Crippen molar-refractivity contribution in [2.45, 2.75) is 6.92 Å². The summed E-state index contributed by atoms with van der Waals surface area (Å²) < 4.78 is 0. The van der Waals surface area contributed by atoms with E-state index in [1.54, 1.807) is 12.1 Å². The number of pyridine rings is 1. The third-order valence-corrected chi connectivity index (χ3v) is 2.65. The fourth-order valence-electron chi connectivity index (χ4n) is 1.57. The van der Waals surface area contributed by atoms with Gasteiger partial charge in [0.05, 0.1) is 11.9 Å². The monoisotopic (exact) mass is 259 g/mol. The molecule has 0 aliphatic heterocycles. The van der Waals surface area contributed by atoms with Crippen LogP contribution in [0.4, 0.5) is 17.2 Å². The zero-order valence-electron chi connectivity index (χ0n) is 10.2. The van der Waals surface area contributed by atoms with E-state index in [0.29, 0.717) is 17.2 Å². The third-order valence-electron chi connectivity index (χ3n) is 2.65. The maximum atomic E-state index is 10.9. The normalized spacial score (nSPS) is 10.2. The Hall–Kier alpha value is -2.76. The van der Waals surface area contributed by atoms with Crippen LogP contribution in [0.5, 0.6) is 5.75 Å². The molecule has 6 heteroatoms. The lowest BCUT2D eigenvalue weighted by molar-refractivity contribution is 0.0694. The first-order valence-corrected chi connectivity index (χ1v) is 5.53. The van der Waals surface area contributed by atoms with Gasteiger partial charge in [-0.25, -0.2) is 9.78 Å². The quantitative estimate of drug-likeness (QED) is 0.629. The Balaban J connectivity index is 2.30. The molecule has 1 heterocycles. The highest BCUT2D eigenvalue weighted by molar-refractivity contribution is 5.92. The zero-order valence-corrected chi connectivity index (χ0v) is 10.2. The molecule has 0 fully saturated rings. The largest absolute Gasteiger partial charge is 0.507 e. The van der Waals surface area contributed by atoms with Crippen LogP contribution in [0.3, 0.4) is 0 Å². The number of carboxylic acid groups (broad SMARTS) is 1. The Morgan fingerprint density at radius 1 is 1.37 bits per heavy atom. The summed E-state index contributed by atoms with van der Waals surface area (Å²) in [5.41, 5.74) is 7.47. The average molecular weight is 259 g/mol.